The summed E-state index contributed by atoms with van der Waals surface area (Å²) in [6.07, 6.45) is 7.99. The van der Waals surface area contributed by atoms with Gasteiger partial charge in [0.05, 0.1) is 25.2 Å². The molecule has 0 N–H and O–H groups in total. The predicted octanol–water partition coefficient (Wildman–Crippen LogP) is 6.29. The van der Waals surface area contributed by atoms with Crippen molar-refractivity contribution in [3.05, 3.63) is 52.9 Å². The summed E-state index contributed by atoms with van der Waals surface area (Å²) in [7, 11) is 1.45. The Morgan fingerprint density at radius 1 is 1.18 bits per heavy atom. The van der Waals surface area contributed by atoms with Crippen LogP contribution in [-0.2, 0) is 14.9 Å². The number of thiophene rings is 1. The lowest BCUT2D eigenvalue weighted by Crippen LogP contribution is -2.65. The molecule has 2 spiro atoms. The van der Waals surface area contributed by atoms with Gasteiger partial charge in [-0.25, -0.2) is 0 Å². The van der Waals surface area contributed by atoms with Crippen molar-refractivity contribution in [2.45, 2.75) is 56.6 Å². The van der Waals surface area contributed by atoms with Crippen LogP contribution < -0.4 is 9.64 Å². The summed E-state index contributed by atoms with van der Waals surface area (Å²) in [6.45, 7) is 2.65. The molecule has 0 radical (unpaired) electrons. The third-order valence-electron chi connectivity index (χ3n) is 7.66. The molecule has 3 heterocycles. The number of carbonyl (C=O) groups excluding carboxylic acids is 1. The molecule has 5 nitrogen and oxygen atoms in total. The summed E-state index contributed by atoms with van der Waals surface area (Å²) in [5, 5.41) is 1.15. The number of methoxy groups -OCH3 is 1. The van der Waals surface area contributed by atoms with Gasteiger partial charge in [0.2, 0.25) is 5.72 Å². The quantitative estimate of drug-likeness (QED) is 0.431. The van der Waals surface area contributed by atoms with E-state index in [2.05, 4.69) is 54.3 Å². The van der Waals surface area contributed by atoms with Crippen molar-refractivity contribution in [3.63, 3.8) is 0 Å². The van der Waals surface area contributed by atoms with Crippen LogP contribution in [0.1, 0.15) is 49.0 Å². The molecule has 6 rings (SSSR count). The second-order valence-corrected chi connectivity index (χ2v) is 10.7. The summed E-state index contributed by atoms with van der Waals surface area (Å²) in [5.41, 5.74) is 2.43. The van der Waals surface area contributed by atoms with Crippen LogP contribution in [0.4, 0.5) is 11.4 Å². The Morgan fingerprint density at radius 2 is 2.00 bits per heavy atom. The van der Waals surface area contributed by atoms with Crippen LogP contribution in [0.2, 0.25) is 0 Å². The van der Waals surface area contributed by atoms with E-state index in [1.807, 2.05) is 6.21 Å². The fourth-order valence-corrected chi connectivity index (χ4v) is 7.16. The van der Waals surface area contributed by atoms with Crippen molar-refractivity contribution in [1.29, 1.82) is 0 Å². The first-order chi connectivity index (χ1) is 16.1. The van der Waals surface area contributed by atoms with E-state index in [0.29, 0.717) is 13.0 Å². The van der Waals surface area contributed by atoms with Gasteiger partial charge in [0.25, 0.3) is 0 Å². The Hall–Kier alpha value is -2.86. The van der Waals surface area contributed by atoms with Gasteiger partial charge in [-0.3, -0.25) is 9.79 Å². The summed E-state index contributed by atoms with van der Waals surface area (Å²) in [4.78, 5) is 20.8. The number of anilines is 1. The standard InChI is InChI=1S/C27H28N2O3S/c1-18-16-19-23(33-18)11-10-22-25(19)28-17-27(32-22)26(13-6-3-7-14-26)20-8-4-5-9-21(20)29(27)15-12-24(30)31-2/h4-5,8-11,16-17H,3,6-7,12-15H2,1-2H3. The number of rotatable bonds is 3. The van der Waals surface area contributed by atoms with Crippen molar-refractivity contribution in [2.75, 3.05) is 18.6 Å². The first-order valence-electron chi connectivity index (χ1n) is 11.8. The highest BCUT2D eigenvalue weighted by Gasteiger charge is 2.64. The van der Waals surface area contributed by atoms with Crippen LogP contribution in [-0.4, -0.2) is 31.6 Å². The molecule has 2 aromatic carbocycles. The first-order valence-corrected chi connectivity index (χ1v) is 12.6. The number of hydrogen-bond donors (Lipinski definition) is 0. The van der Waals surface area contributed by atoms with Crippen molar-refractivity contribution in [2.24, 2.45) is 4.99 Å². The number of aliphatic imine (C=N–C) groups is 1. The second kappa shape index (κ2) is 7.59. The van der Waals surface area contributed by atoms with E-state index in [9.17, 15) is 4.79 Å². The monoisotopic (exact) mass is 460 g/mol. The lowest BCUT2D eigenvalue weighted by Gasteiger charge is -2.50. The molecule has 1 unspecified atom stereocenters. The molecule has 170 valence electrons. The van der Waals surface area contributed by atoms with Gasteiger partial charge in [0.15, 0.2) is 0 Å². The molecule has 0 saturated heterocycles. The van der Waals surface area contributed by atoms with Crippen molar-refractivity contribution >= 4 is 45.0 Å². The van der Waals surface area contributed by atoms with Crippen LogP contribution in [0.15, 0.2) is 47.5 Å². The molecular weight excluding hydrogens is 432 g/mol. The first kappa shape index (κ1) is 20.7. The van der Waals surface area contributed by atoms with Gasteiger partial charge in [0.1, 0.15) is 11.4 Å². The lowest BCUT2D eigenvalue weighted by atomic mass is 9.64. The smallest absolute Gasteiger partial charge is 0.307 e. The van der Waals surface area contributed by atoms with E-state index in [4.69, 9.17) is 14.5 Å². The van der Waals surface area contributed by atoms with Crippen LogP contribution in [0.5, 0.6) is 5.75 Å². The van der Waals surface area contributed by atoms with Gasteiger partial charge in [-0.1, -0.05) is 37.5 Å². The van der Waals surface area contributed by atoms with Gasteiger partial charge >= 0.3 is 5.97 Å². The predicted molar refractivity (Wildman–Crippen MR) is 133 cm³/mol. The molecule has 6 heteroatoms. The zero-order valence-electron chi connectivity index (χ0n) is 19.1. The van der Waals surface area contributed by atoms with E-state index in [1.54, 1.807) is 11.3 Å². The highest BCUT2D eigenvalue weighted by Crippen LogP contribution is 2.60. The maximum absolute atomic E-state index is 12.1. The molecule has 1 saturated carbocycles. The van der Waals surface area contributed by atoms with Gasteiger partial charge in [0, 0.05) is 27.2 Å². The average Bonchev–Trinajstić information content (AvgIpc) is 3.32. The van der Waals surface area contributed by atoms with Gasteiger partial charge in [-0.2, -0.15) is 0 Å². The average molecular weight is 461 g/mol. The molecule has 0 amide bonds. The fraction of sp³-hybridized carbons (Fsp3) is 0.407. The number of carbonyl (C=O) groups is 1. The number of benzene rings is 2. The number of nitrogens with zero attached hydrogens (tertiary/aromatic N) is 2. The molecule has 1 aromatic heterocycles. The maximum Gasteiger partial charge on any atom is 0.307 e. The minimum Gasteiger partial charge on any atom is -0.469 e. The minimum absolute atomic E-state index is 0.196. The topological polar surface area (TPSA) is 51.1 Å². The van der Waals surface area contributed by atoms with Crippen molar-refractivity contribution < 1.29 is 14.3 Å². The SMILES string of the molecule is COC(=O)CCN1c2ccccc2C2(CCCCC2)C12C=Nc1c(ccc3sc(C)cc13)O2. The van der Waals surface area contributed by atoms with E-state index in [1.165, 1.54) is 28.7 Å². The number of fused-ring (bicyclic) bond motifs is 6. The third-order valence-corrected chi connectivity index (χ3v) is 8.68. The van der Waals surface area contributed by atoms with Gasteiger partial charge in [-0.15, -0.1) is 11.3 Å². The molecule has 3 aliphatic rings. The van der Waals surface area contributed by atoms with Crippen molar-refractivity contribution in [1.82, 2.24) is 0 Å². The van der Waals surface area contributed by atoms with Crippen LogP contribution in [0, 0.1) is 6.92 Å². The number of para-hydroxylation sites is 1. The molecule has 3 aromatic rings. The molecular formula is C27H28N2O3S. The van der Waals surface area contributed by atoms with E-state index in [-0.39, 0.29) is 11.4 Å². The van der Waals surface area contributed by atoms with Crippen molar-refractivity contribution in [3.8, 4) is 5.75 Å². The largest absolute Gasteiger partial charge is 0.469 e. The van der Waals surface area contributed by atoms with Gasteiger partial charge < -0.3 is 14.4 Å². The maximum atomic E-state index is 12.1. The third kappa shape index (κ3) is 2.89. The van der Waals surface area contributed by atoms with Gasteiger partial charge in [-0.05, 0) is 49.6 Å². The van der Waals surface area contributed by atoms with E-state index >= 15 is 0 Å². The Balaban J connectivity index is 1.53. The van der Waals surface area contributed by atoms with Crippen LogP contribution in [0.3, 0.4) is 0 Å². The summed E-state index contributed by atoms with van der Waals surface area (Å²) in [5.74, 6) is 0.611. The van der Waals surface area contributed by atoms with Crippen LogP contribution in [0.25, 0.3) is 10.1 Å². The summed E-state index contributed by atoms with van der Waals surface area (Å²) >= 11 is 1.78. The lowest BCUT2D eigenvalue weighted by molar-refractivity contribution is -0.140. The fourth-order valence-electron chi connectivity index (χ4n) is 6.23. The molecule has 1 aliphatic carbocycles. The molecule has 2 aliphatic heterocycles. The Labute approximate surface area is 198 Å². The highest BCUT2D eigenvalue weighted by molar-refractivity contribution is 7.19. The second-order valence-electron chi connectivity index (χ2n) is 9.38. The molecule has 0 bridgehead atoms. The zero-order valence-corrected chi connectivity index (χ0v) is 19.9. The normalized spacial score (nSPS) is 22.4. The molecule has 1 atom stereocenters. The number of hydrogen-bond acceptors (Lipinski definition) is 6. The Bertz CT molecular complexity index is 1270. The van der Waals surface area contributed by atoms with Crippen LogP contribution >= 0.6 is 11.3 Å². The Morgan fingerprint density at radius 3 is 2.82 bits per heavy atom. The molecule has 33 heavy (non-hydrogen) atoms. The Kier molecular flexibility index (Phi) is 4.77. The van der Waals surface area contributed by atoms with E-state index in [0.717, 1.165) is 48.2 Å². The number of aryl methyl sites for hydroxylation is 1. The van der Waals surface area contributed by atoms with E-state index < -0.39 is 5.72 Å². The minimum atomic E-state index is -0.753. The number of esters is 1. The highest BCUT2D eigenvalue weighted by atomic mass is 32.1. The molecule has 1 fully saturated rings. The number of ether oxygens (including phenoxy) is 2. The zero-order chi connectivity index (χ0) is 22.6. The summed E-state index contributed by atoms with van der Waals surface area (Å²) in [6, 6.07) is 15.0. The summed E-state index contributed by atoms with van der Waals surface area (Å²) < 4.78 is 13.3.